The molecule has 2 aromatic rings. The van der Waals surface area contributed by atoms with E-state index in [1.165, 1.54) is 0 Å². The molecule has 0 saturated carbocycles. The molecule has 0 fully saturated rings. The molecule has 0 spiro atoms. The van der Waals surface area contributed by atoms with E-state index >= 15 is 0 Å². The number of anilines is 3. The summed E-state index contributed by atoms with van der Waals surface area (Å²) in [7, 11) is 0. The Kier molecular flexibility index (Phi) is 3.20. The van der Waals surface area contributed by atoms with Crippen LogP contribution < -0.4 is 11.1 Å². The predicted molar refractivity (Wildman–Crippen MR) is 71.5 cm³/mol. The lowest BCUT2D eigenvalue weighted by atomic mass is 10.2. The van der Waals surface area contributed by atoms with Crippen molar-refractivity contribution >= 4 is 17.2 Å². The first-order valence-corrected chi connectivity index (χ1v) is 5.76. The lowest BCUT2D eigenvalue weighted by molar-refractivity contribution is 0.661. The number of nitrogens with two attached hydrogens (primary N) is 1. The number of hydrogen-bond donors (Lipinski definition) is 2. The molecular formula is C13H15N5. The smallest absolute Gasteiger partial charge is 0.152 e. The SMILES string of the molecule is CCn1nc(C)c(N)c1Nc1ccccc1C#N. The van der Waals surface area contributed by atoms with Crippen LogP contribution in [0.4, 0.5) is 17.2 Å². The number of hydrogen-bond acceptors (Lipinski definition) is 4. The third-order valence-corrected chi connectivity index (χ3v) is 2.77. The standard InChI is InChI=1S/C13H15N5/c1-3-18-13(12(15)9(2)17-18)16-11-7-5-4-6-10(11)8-14/h4-7,16H,3,15H2,1-2H3. The summed E-state index contributed by atoms with van der Waals surface area (Å²) in [6.07, 6.45) is 0. The number of nitrogen functional groups attached to an aromatic ring is 1. The van der Waals surface area contributed by atoms with Gasteiger partial charge in [0.1, 0.15) is 6.07 Å². The summed E-state index contributed by atoms with van der Waals surface area (Å²) in [5, 5.41) is 16.6. The van der Waals surface area contributed by atoms with E-state index in [0.717, 1.165) is 23.7 Å². The topological polar surface area (TPSA) is 79.7 Å². The van der Waals surface area contributed by atoms with Gasteiger partial charge in [-0.25, -0.2) is 4.68 Å². The van der Waals surface area contributed by atoms with Gasteiger partial charge in [-0.3, -0.25) is 0 Å². The Morgan fingerprint density at radius 2 is 2.17 bits per heavy atom. The molecule has 0 aliphatic carbocycles. The third kappa shape index (κ3) is 2.00. The molecule has 18 heavy (non-hydrogen) atoms. The van der Waals surface area contributed by atoms with Crippen LogP contribution in [-0.2, 0) is 6.54 Å². The van der Waals surface area contributed by atoms with Crippen LogP contribution in [0.25, 0.3) is 0 Å². The number of nitriles is 1. The van der Waals surface area contributed by atoms with E-state index in [1.807, 2.05) is 32.0 Å². The van der Waals surface area contributed by atoms with E-state index in [4.69, 9.17) is 11.0 Å². The molecule has 0 unspecified atom stereocenters. The van der Waals surface area contributed by atoms with Crippen molar-refractivity contribution in [3.8, 4) is 6.07 Å². The maximum absolute atomic E-state index is 9.05. The molecule has 3 N–H and O–H groups in total. The molecule has 0 radical (unpaired) electrons. The van der Waals surface area contributed by atoms with E-state index < -0.39 is 0 Å². The second kappa shape index (κ2) is 4.80. The quantitative estimate of drug-likeness (QED) is 0.864. The van der Waals surface area contributed by atoms with Crippen LogP contribution in [0.3, 0.4) is 0 Å². The van der Waals surface area contributed by atoms with Crippen molar-refractivity contribution in [1.82, 2.24) is 9.78 Å². The summed E-state index contributed by atoms with van der Waals surface area (Å²) in [6.45, 7) is 4.57. The average Bonchev–Trinajstić information content (AvgIpc) is 2.67. The fourth-order valence-electron chi connectivity index (χ4n) is 1.77. The molecule has 0 bridgehead atoms. The summed E-state index contributed by atoms with van der Waals surface area (Å²) in [5.74, 6) is 0.734. The number of nitrogens with one attached hydrogen (secondary N) is 1. The Morgan fingerprint density at radius 1 is 1.44 bits per heavy atom. The number of para-hydroxylation sites is 1. The van der Waals surface area contributed by atoms with Crippen molar-refractivity contribution < 1.29 is 0 Å². The molecule has 1 aromatic carbocycles. The first-order valence-electron chi connectivity index (χ1n) is 5.76. The molecule has 0 saturated heterocycles. The number of rotatable bonds is 3. The molecule has 5 heteroatoms. The van der Waals surface area contributed by atoms with Crippen molar-refractivity contribution in [2.45, 2.75) is 20.4 Å². The molecule has 1 aromatic heterocycles. The van der Waals surface area contributed by atoms with Gasteiger partial charge in [-0.1, -0.05) is 12.1 Å². The van der Waals surface area contributed by atoms with Gasteiger partial charge in [0, 0.05) is 6.54 Å². The summed E-state index contributed by atoms with van der Waals surface area (Å²) in [4.78, 5) is 0. The minimum atomic E-state index is 0.582. The van der Waals surface area contributed by atoms with Crippen LogP contribution in [0.2, 0.25) is 0 Å². The van der Waals surface area contributed by atoms with Crippen LogP contribution in [0.1, 0.15) is 18.2 Å². The molecule has 0 amide bonds. The highest BCUT2D eigenvalue weighted by molar-refractivity contribution is 5.73. The van der Waals surface area contributed by atoms with Gasteiger partial charge in [-0.15, -0.1) is 0 Å². The van der Waals surface area contributed by atoms with Gasteiger partial charge < -0.3 is 11.1 Å². The van der Waals surface area contributed by atoms with Crippen LogP contribution in [0, 0.1) is 18.3 Å². The summed E-state index contributed by atoms with van der Waals surface area (Å²) >= 11 is 0. The highest BCUT2D eigenvalue weighted by Crippen LogP contribution is 2.27. The van der Waals surface area contributed by atoms with Gasteiger partial charge in [0.25, 0.3) is 0 Å². The van der Waals surface area contributed by atoms with Gasteiger partial charge in [0.2, 0.25) is 0 Å². The van der Waals surface area contributed by atoms with Gasteiger partial charge in [0.05, 0.1) is 22.6 Å². The molecule has 92 valence electrons. The number of benzene rings is 1. The molecule has 5 nitrogen and oxygen atoms in total. The zero-order chi connectivity index (χ0) is 13.1. The van der Waals surface area contributed by atoms with Crippen LogP contribution in [0.15, 0.2) is 24.3 Å². The maximum Gasteiger partial charge on any atom is 0.152 e. The van der Waals surface area contributed by atoms with Crippen LogP contribution >= 0.6 is 0 Å². The largest absolute Gasteiger partial charge is 0.394 e. The minimum absolute atomic E-state index is 0.582. The average molecular weight is 241 g/mol. The molecular weight excluding hydrogens is 226 g/mol. The maximum atomic E-state index is 9.05. The molecule has 0 atom stereocenters. The van der Waals surface area contributed by atoms with Gasteiger partial charge in [0.15, 0.2) is 5.82 Å². The number of aromatic nitrogens is 2. The van der Waals surface area contributed by atoms with Crippen molar-refractivity contribution in [2.24, 2.45) is 0 Å². The van der Waals surface area contributed by atoms with Gasteiger partial charge >= 0.3 is 0 Å². The Balaban J connectivity index is 2.43. The fourth-order valence-corrected chi connectivity index (χ4v) is 1.77. The molecule has 0 aliphatic heterocycles. The third-order valence-electron chi connectivity index (χ3n) is 2.77. The second-order valence-electron chi connectivity index (χ2n) is 3.95. The van der Waals surface area contributed by atoms with Crippen LogP contribution in [-0.4, -0.2) is 9.78 Å². The first-order chi connectivity index (χ1) is 8.67. The van der Waals surface area contributed by atoms with E-state index in [9.17, 15) is 0 Å². The summed E-state index contributed by atoms with van der Waals surface area (Å²) in [5.41, 5.74) is 8.71. The van der Waals surface area contributed by atoms with Crippen LogP contribution in [0.5, 0.6) is 0 Å². The van der Waals surface area contributed by atoms with E-state index in [0.29, 0.717) is 11.3 Å². The van der Waals surface area contributed by atoms with E-state index in [2.05, 4.69) is 16.5 Å². The Labute approximate surface area is 106 Å². The summed E-state index contributed by atoms with van der Waals surface area (Å²) < 4.78 is 1.79. The van der Waals surface area contributed by atoms with Gasteiger partial charge in [-0.05, 0) is 26.0 Å². The normalized spacial score (nSPS) is 10.1. The predicted octanol–water partition coefficient (Wildman–Crippen LogP) is 2.41. The zero-order valence-electron chi connectivity index (χ0n) is 10.4. The molecule has 2 rings (SSSR count). The lowest BCUT2D eigenvalue weighted by Crippen LogP contribution is -2.05. The lowest BCUT2D eigenvalue weighted by Gasteiger charge is -2.10. The highest BCUT2D eigenvalue weighted by atomic mass is 15.3. The second-order valence-corrected chi connectivity index (χ2v) is 3.95. The Hall–Kier alpha value is -2.48. The van der Waals surface area contributed by atoms with Crippen molar-refractivity contribution in [2.75, 3.05) is 11.1 Å². The minimum Gasteiger partial charge on any atom is -0.394 e. The highest BCUT2D eigenvalue weighted by Gasteiger charge is 2.12. The Morgan fingerprint density at radius 3 is 2.83 bits per heavy atom. The van der Waals surface area contributed by atoms with E-state index in [1.54, 1.807) is 10.7 Å². The van der Waals surface area contributed by atoms with Gasteiger partial charge in [-0.2, -0.15) is 10.4 Å². The van der Waals surface area contributed by atoms with E-state index in [-0.39, 0.29) is 0 Å². The first kappa shape index (κ1) is 12.0. The Bertz CT molecular complexity index is 606. The zero-order valence-corrected chi connectivity index (χ0v) is 10.4. The molecule has 1 heterocycles. The van der Waals surface area contributed by atoms with Crippen molar-refractivity contribution in [3.05, 3.63) is 35.5 Å². The van der Waals surface area contributed by atoms with Crippen molar-refractivity contribution in [3.63, 3.8) is 0 Å². The molecule has 0 aliphatic rings. The number of aryl methyl sites for hydroxylation is 2. The number of nitrogens with zero attached hydrogens (tertiary/aromatic N) is 3. The van der Waals surface area contributed by atoms with Crippen molar-refractivity contribution in [1.29, 1.82) is 5.26 Å². The monoisotopic (exact) mass is 241 g/mol. The fraction of sp³-hybridized carbons (Fsp3) is 0.231. The summed E-state index contributed by atoms with van der Waals surface area (Å²) in [6, 6.07) is 9.46.